The van der Waals surface area contributed by atoms with E-state index >= 15 is 0 Å². The molecule has 3 aromatic rings. The van der Waals surface area contributed by atoms with E-state index in [2.05, 4.69) is 43.2 Å². The van der Waals surface area contributed by atoms with Gasteiger partial charge in [-0.3, -0.25) is 9.67 Å². The molecule has 0 bridgehead atoms. The van der Waals surface area contributed by atoms with Crippen molar-refractivity contribution in [3.63, 3.8) is 0 Å². The summed E-state index contributed by atoms with van der Waals surface area (Å²) in [7, 11) is 4.73. The summed E-state index contributed by atoms with van der Waals surface area (Å²) in [5.41, 5.74) is 2.74. The zero-order chi connectivity index (χ0) is 22.0. The Bertz CT molecular complexity index is 1120. The van der Waals surface area contributed by atoms with Crippen LogP contribution in [0.5, 0.6) is 17.2 Å². The Labute approximate surface area is 193 Å². The van der Waals surface area contributed by atoms with Crippen molar-refractivity contribution < 1.29 is 18.9 Å². The summed E-state index contributed by atoms with van der Waals surface area (Å²) in [4.78, 5) is 2.30. The quantitative estimate of drug-likeness (QED) is 0.501. The van der Waals surface area contributed by atoms with Crippen LogP contribution in [0.15, 0.2) is 34.8 Å². The van der Waals surface area contributed by atoms with Crippen LogP contribution in [-0.2, 0) is 4.74 Å². The maximum absolute atomic E-state index is 5.67. The predicted octanol–water partition coefficient (Wildman–Crippen LogP) is 4.22. The van der Waals surface area contributed by atoms with Gasteiger partial charge in [0.1, 0.15) is 0 Å². The number of morpholine rings is 1. The highest BCUT2D eigenvalue weighted by atomic mass is 79.9. The lowest BCUT2D eigenvalue weighted by Gasteiger charge is -2.29. The number of nitrogens with one attached hydrogen (secondary N) is 1. The van der Waals surface area contributed by atoms with Crippen LogP contribution >= 0.6 is 28.1 Å². The fourth-order valence-electron chi connectivity index (χ4n) is 3.69. The van der Waals surface area contributed by atoms with Gasteiger partial charge < -0.3 is 23.8 Å². The van der Waals surface area contributed by atoms with Crippen molar-refractivity contribution in [2.75, 3.05) is 52.5 Å². The van der Waals surface area contributed by atoms with Gasteiger partial charge >= 0.3 is 0 Å². The number of methoxy groups -OCH3 is 3. The molecule has 2 heterocycles. The molecule has 1 aliphatic heterocycles. The molecule has 0 aliphatic carbocycles. The summed E-state index contributed by atoms with van der Waals surface area (Å²) in [5, 5.41) is 7.37. The van der Waals surface area contributed by atoms with Crippen LogP contribution < -0.4 is 19.1 Å². The zero-order valence-electron chi connectivity index (χ0n) is 17.5. The topological polar surface area (TPSA) is 73.8 Å². The smallest absolute Gasteiger partial charge is 0.205 e. The molecule has 164 valence electrons. The molecule has 1 N–H and O–H groups in total. The number of H-pyrrole nitrogens is 1. The summed E-state index contributed by atoms with van der Waals surface area (Å²) < 4.78 is 25.2. The molecular weight excluding hydrogens is 484 g/mol. The highest BCUT2D eigenvalue weighted by Crippen LogP contribution is 2.48. The van der Waals surface area contributed by atoms with Gasteiger partial charge in [-0.1, -0.05) is 0 Å². The van der Waals surface area contributed by atoms with Crippen molar-refractivity contribution in [3.05, 3.63) is 39.6 Å². The Morgan fingerprint density at radius 3 is 2.19 bits per heavy atom. The number of halogens is 1. The molecule has 8 nitrogen and oxygen atoms in total. The van der Waals surface area contributed by atoms with E-state index in [1.807, 2.05) is 22.8 Å². The minimum atomic E-state index is 0.470. The average molecular weight is 507 g/mol. The van der Waals surface area contributed by atoms with Gasteiger partial charge in [0, 0.05) is 18.8 Å². The van der Waals surface area contributed by atoms with E-state index in [4.69, 9.17) is 31.2 Å². The van der Waals surface area contributed by atoms with Crippen molar-refractivity contribution in [3.8, 4) is 34.3 Å². The van der Waals surface area contributed by atoms with Gasteiger partial charge in [-0.2, -0.15) is 5.10 Å². The second-order valence-electron chi connectivity index (χ2n) is 6.81. The molecular formula is C21H23BrN4O4S. The molecule has 0 atom stereocenters. The van der Waals surface area contributed by atoms with E-state index in [0.29, 0.717) is 37.9 Å². The van der Waals surface area contributed by atoms with Gasteiger partial charge in [0.2, 0.25) is 5.75 Å². The zero-order valence-corrected chi connectivity index (χ0v) is 19.9. The van der Waals surface area contributed by atoms with Crippen molar-refractivity contribution in [1.82, 2.24) is 14.8 Å². The lowest BCUT2D eigenvalue weighted by Crippen LogP contribution is -2.36. The third kappa shape index (κ3) is 4.02. The van der Waals surface area contributed by atoms with Gasteiger partial charge in [0.15, 0.2) is 22.1 Å². The van der Waals surface area contributed by atoms with Crippen LogP contribution in [0.1, 0.15) is 0 Å². The van der Waals surface area contributed by atoms with Crippen LogP contribution in [-0.4, -0.2) is 62.4 Å². The van der Waals surface area contributed by atoms with E-state index in [1.165, 1.54) is 0 Å². The fourth-order valence-corrected chi connectivity index (χ4v) is 4.50. The number of rotatable bonds is 6. The molecule has 1 aromatic heterocycles. The number of ether oxygens (including phenoxy) is 4. The average Bonchev–Trinajstić information content (AvgIpc) is 3.20. The van der Waals surface area contributed by atoms with E-state index in [1.54, 1.807) is 21.3 Å². The van der Waals surface area contributed by atoms with Crippen LogP contribution in [0.2, 0.25) is 0 Å². The van der Waals surface area contributed by atoms with E-state index in [0.717, 1.165) is 37.7 Å². The van der Waals surface area contributed by atoms with Crippen molar-refractivity contribution in [1.29, 1.82) is 0 Å². The van der Waals surface area contributed by atoms with E-state index in [-0.39, 0.29) is 0 Å². The van der Waals surface area contributed by atoms with Crippen molar-refractivity contribution in [2.24, 2.45) is 0 Å². The minimum Gasteiger partial charge on any atom is -0.492 e. The first-order valence-electron chi connectivity index (χ1n) is 9.68. The van der Waals surface area contributed by atoms with E-state index < -0.39 is 0 Å². The van der Waals surface area contributed by atoms with Crippen LogP contribution in [0.3, 0.4) is 0 Å². The summed E-state index contributed by atoms with van der Waals surface area (Å²) in [6, 6.07) is 10.1. The number of aromatic amines is 1. The molecule has 1 aliphatic rings. The summed E-state index contributed by atoms with van der Waals surface area (Å²) in [6.45, 7) is 3.25. The molecule has 0 amide bonds. The highest BCUT2D eigenvalue weighted by Gasteiger charge is 2.24. The van der Waals surface area contributed by atoms with Gasteiger partial charge in [-0.25, -0.2) is 0 Å². The number of anilines is 1. The SMILES string of the molecule is COc1c(Br)cc(-c2n[nH]c(=S)n2-c2ccc(N3CCOCC3)cc2)c(OC)c1OC. The Hall–Kier alpha value is -2.56. The number of hydrogen-bond donors (Lipinski definition) is 1. The maximum atomic E-state index is 5.67. The third-order valence-corrected chi connectivity index (χ3v) is 6.02. The Balaban J connectivity index is 1.80. The predicted molar refractivity (Wildman–Crippen MR) is 125 cm³/mol. The second-order valence-corrected chi connectivity index (χ2v) is 8.05. The van der Waals surface area contributed by atoms with Crippen molar-refractivity contribution >= 4 is 33.8 Å². The molecule has 0 radical (unpaired) electrons. The fraction of sp³-hybridized carbons (Fsp3) is 0.333. The molecule has 1 fully saturated rings. The van der Waals surface area contributed by atoms with Crippen molar-refractivity contribution in [2.45, 2.75) is 0 Å². The molecule has 31 heavy (non-hydrogen) atoms. The standard InChI is InChI=1S/C21H23BrN4O4S/c1-27-17-15(12-16(22)18(28-2)19(17)29-3)20-23-24-21(31)26(20)14-6-4-13(5-7-14)25-8-10-30-11-9-25/h4-7,12H,8-11H2,1-3H3,(H,24,31). The molecule has 0 unspecified atom stereocenters. The Morgan fingerprint density at radius 1 is 0.968 bits per heavy atom. The molecule has 2 aromatic carbocycles. The Morgan fingerprint density at radius 2 is 1.58 bits per heavy atom. The lowest BCUT2D eigenvalue weighted by molar-refractivity contribution is 0.122. The first-order valence-corrected chi connectivity index (χ1v) is 10.9. The largest absolute Gasteiger partial charge is 0.492 e. The number of benzene rings is 2. The molecule has 4 rings (SSSR count). The first kappa shape index (κ1) is 21.7. The normalized spacial score (nSPS) is 13.9. The van der Waals surface area contributed by atoms with Crippen LogP contribution in [0, 0.1) is 4.77 Å². The molecule has 1 saturated heterocycles. The monoisotopic (exact) mass is 506 g/mol. The van der Waals surface area contributed by atoms with Gasteiger partial charge in [-0.05, 0) is 58.5 Å². The number of nitrogens with zero attached hydrogens (tertiary/aromatic N) is 3. The minimum absolute atomic E-state index is 0.470. The maximum Gasteiger partial charge on any atom is 0.205 e. The van der Waals surface area contributed by atoms with Gasteiger partial charge in [-0.15, -0.1) is 0 Å². The van der Waals surface area contributed by atoms with Gasteiger partial charge in [0.25, 0.3) is 0 Å². The lowest BCUT2D eigenvalue weighted by atomic mass is 10.1. The number of hydrogen-bond acceptors (Lipinski definition) is 7. The summed E-state index contributed by atoms with van der Waals surface area (Å²) >= 11 is 9.10. The van der Waals surface area contributed by atoms with Crippen LogP contribution in [0.4, 0.5) is 5.69 Å². The molecule has 0 saturated carbocycles. The molecule has 0 spiro atoms. The second kappa shape index (κ2) is 9.29. The number of aromatic nitrogens is 3. The van der Waals surface area contributed by atoms with Gasteiger partial charge in [0.05, 0.1) is 50.3 Å². The molecule has 10 heteroatoms. The Kier molecular flexibility index (Phi) is 6.49. The summed E-state index contributed by atoms with van der Waals surface area (Å²) in [6.07, 6.45) is 0. The third-order valence-electron chi connectivity index (χ3n) is 5.15. The highest BCUT2D eigenvalue weighted by molar-refractivity contribution is 9.10. The summed E-state index contributed by atoms with van der Waals surface area (Å²) in [5.74, 6) is 2.11. The first-order chi connectivity index (χ1) is 15.1. The van der Waals surface area contributed by atoms with Crippen LogP contribution in [0.25, 0.3) is 17.1 Å². The van der Waals surface area contributed by atoms with E-state index in [9.17, 15) is 0 Å².